The predicted octanol–water partition coefficient (Wildman–Crippen LogP) is 2.51. The molecule has 3 atom stereocenters. The molecule has 1 aliphatic carbocycles. The number of ether oxygens (including phenoxy) is 2. The Labute approximate surface area is 122 Å². The zero-order valence-electron chi connectivity index (χ0n) is 12.9. The molecule has 1 heterocycles. The molecule has 1 saturated carbocycles. The van der Waals surface area contributed by atoms with Crippen molar-refractivity contribution < 1.29 is 14.3 Å². The second-order valence-corrected chi connectivity index (χ2v) is 6.45. The maximum atomic E-state index is 11.8. The summed E-state index contributed by atoms with van der Waals surface area (Å²) in [6.45, 7) is 7.09. The lowest BCUT2D eigenvalue weighted by Crippen LogP contribution is -2.33. The standard InChI is InChI=1S/C16H29NO3/c1-12-3-4-15(11-13(12)2)20-16(18)7-10-19-14-5-8-17-9-6-14/h12-15,17H,3-11H2,1-2H3. The van der Waals surface area contributed by atoms with Crippen molar-refractivity contribution in [1.82, 2.24) is 5.32 Å². The van der Waals surface area contributed by atoms with E-state index in [4.69, 9.17) is 9.47 Å². The lowest BCUT2D eigenvalue weighted by molar-refractivity contribution is -0.153. The Balaban J connectivity index is 1.58. The third-order valence-electron chi connectivity index (χ3n) is 4.79. The Hall–Kier alpha value is -0.610. The maximum absolute atomic E-state index is 11.8. The fourth-order valence-electron chi connectivity index (χ4n) is 3.12. The highest BCUT2D eigenvalue weighted by atomic mass is 16.5. The number of hydrogen-bond acceptors (Lipinski definition) is 4. The van der Waals surface area contributed by atoms with E-state index >= 15 is 0 Å². The SMILES string of the molecule is CC1CCC(OC(=O)CCOC2CCNCC2)CC1C. The van der Waals surface area contributed by atoms with Gasteiger partial charge in [0.1, 0.15) is 6.10 Å². The summed E-state index contributed by atoms with van der Waals surface area (Å²) < 4.78 is 11.3. The number of carbonyl (C=O) groups is 1. The van der Waals surface area contributed by atoms with Crippen molar-refractivity contribution in [2.24, 2.45) is 11.8 Å². The van der Waals surface area contributed by atoms with Crippen LogP contribution in [0.5, 0.6) is 0 Å². The third kappa shape index (κ3) is 5.06. The zero-order valence-corrected chi connectivity index (χ0v) is 12.9. The normalized spacial score (nSPS) is 32.0. The minimum Gasteiger partial charge on any atom is -0.462 e. The number of nitrogens with one attached hydrogen (secondary N) is 1. The Morgan fingerprint density at radius 3 is 2.50 bits per heavy atom. The topological polar surface area (TPSA) is 47.6 Å². The van der Waals surface area contributed by atoms with Crippen LogP contribution in [0.25, 0.3) is 0 Å². The number of esters is 1. The summed E-state index contributed by atoms with van der Waals surface area (Å²) in [5.74, 6) is 1.33. The summed E-state index contributed by atoms with van der Waals surface area (Å²) in [5.41, 5.74) is 0. The molecule has 4 nitrogen and oxygen atoms in total. The van der Waals surface area contributed by atoms with Gasteiger partial charge in [0.05, 0.1) is 19.1 Å². The van der Waals surface area contributed by atoms with Gasteiger partial charge in [0.15, 0.2) is 0 Å². The Kier molecular flexibility index (Phi) is 6.30. The van der Waals surface area contributed by atoms with Gasteiger partial charge >= 0.3 is 5.97 Å². The molecule has 0 aromatic carbocycles. The van der Waals surface area contributed by atoms with Crippen LogP contribution in [0.2, 0.25) is 0 Å². The zero-order chi connectivity index (χ0) is 14.4. The summed E-state index contributed by atoms with van der Waals surface area (Å²) in [7, 11) is 0. The lowest BCUT2D eigenvalue weighted by atomic mass is 9.80. The van der Waals surface area contributed by atoms with Gasteiger partial charge in [-0.3, -0.25) is 4.79 Å². The van der Waals surface area contributed by atoms with Crippen LogP contribution in [0.1, 0.15) is 52.4 Å². The van der Waals surface area contributed by atoms with E-state index in [2.05, 4.69) is 19.2 Å². The third-order valence-corrected chi connectivity index (χ3v) is 4.79. The van der Waals surface area contributed by atoms with Crippen LogP contribution in [0, 0.1) is 11.8 Å². The van der Waals surface area contributed by atoms with Gasteiger partial charge in [-0.1, -0.05) is 13.8 Å². The first kappa shape index (κ1) is 15.8. The van der Waals surface area contributed by atoms with E-state index in [-0.39, 0.29) is 12.1 Å². The number of carbonyl (C=O) groups excluding carboxylic acids is 1. The molecule has 20 heavy (non-hydrogen) atoms. The van der Waals surface area contributed by atoms with Crippen LogP contribution >= 0.6 is 0 Å². The Bertz CT molecular complexity index is 302. The molecule has 0 aromatic heterocycles. The van der Waals surface area contributed by atoms with Crippen LogP contribution in [-0.4, -0.2) is 37.9 Å². The molecule has 0 amide bonds. The molecular formula is C16H29NO3. The van der Waals surface area contributed by atoms with Crippen molar-refractivity contribution in [1.29, 1.82) is 0 Å². The second-order valence-electron chi connectivity index (χ2n) is 6.45. The average molecular weight is 283 g/mol. The average Bonchev–Trinajstić information content (AvgIpc) is 2.44. The molecule has 1 aliphatic heterocycles. The maximum Gasteiger partial charge on any atom is 0.308 e. The van der Waals surface area contributed by atoms with E-state index < -0.39 is 0 Å². The highest BCUT2D eigenvalue weighted by molar-refractivity contribution is 5.69. The number of rotatable bonds is 5. The van der Waals surface area contributed by atoms with E-state index in [9.17, 15) is 4.79 Å². The molecule has 0 radical (unpaired) electrons. The molecule has 1 saturated heterocycles. The van der Waals surface area contributed by atoms with E-state index in [0.29, 0.717) is 25.0 Å². The first-order valence-electron chi connectivity index (χ1n) is 8.17. The van der Waals surface area contributed by atoms with Crippen LogP contribution in [0.15, 0.2) is 0 Å². The quantitative estimate of drug-likeness (QED) is 0.788. The summed E-state index contributed by atoms with van der Waals surface area (Å²) in [5, 5.41) is 3.30. The highest BCUT2D eigenvalue weighted by Gasteiger charge is 2.26. The molecule has 2 fully saturated rings. The van der Waals surface area contributed by atoms with Crippen LogP contribution < -0.4 is 5.32 Å². The molecule has 2 aliphatic rings. The molecule has 116 valence electrons. The molecule has 0 aromatic rings. The van der Waals surface area contributed by atoms with Gasteiger partial charge in [0, 0.05) is 0 Å². The van der Waals surface area contributed by atoms with Crippen LogP contribution in [0.4, 0.5) is 0 Å². The first-order chi connectivity index (χ1) is 9.65. The minimum atomic E-state index is -0.0920. The molecule has 0 bridgehead atoms. The van der Waals surface area contributed by atoms with Gasteiger partial charge in [-0.2, -0.15) is 0 Å². The van der Waals surface area contributed by atoms with Gasteiger partial charge in [-0.05, 0) is 57.0 Å². The first-order valence-corrected chi connectivity index (χ1v) is 8.17. The lowest BCUT2D eigenvalue weighted by Gasteiger charge is -2.31. The summed E-state index contributed by atoms with van der Waals surface area (Å²) >= 11 is 0. The summed E-state index contributed by atoms with van der Waals surface area (Å²) in [6.07, 6.45) is 6.15. The molecular weight excluding hydrogens is 254 g/mol. The molecule has 0 spiro atoms. The largest absolute Gasteiger partial charge is 0.462 e. The van der Waals surface area contributed by atoms with Crippen molar-refractivity contribution in [2.75, 3.05) is 19.7 Å². The van der Waals surface area contributed by atoms with Crippen molar-refractivity contribution in [3.05, 3.63) is 0 Å². The molecule has 2 rings (SSSR count). The van der Waals surface area contributed by atoms with Gasteiger partial charge in [0.25, 0.3) is 0 Å². The number of hydrogen-bond donors (Lipinski definition) is 1. The van der Waals surface area contributed by atoms with E-state index in [1.54, 1.807) is 0 Å². The predicted molar refractivity (Wildman–Crippen MR) is 78.5 cm³/mol. The van der Waals surface area contributed by atoms with E-state index in [0.717, 1.165) is 44.7 Å². The van der Waals surface area contributed by atoms with Gasteiger partial charge in [0.2, 0.25) is 0 Å². The van der Waals surface area contributed by atoms with E-state index in [1.807, 2.05) is 0 Å². The van der Waals surface area contributed by atoms with Crippen molar-refractivity contribution >= 4 is 5.97 Å². The Morgan fingerprint density at radius 1 is 1.05 bits per heavy atom. The number of piperidine rings is 1. The van der Waals surface area contributed by atoms with Crippen molar-refractivity contribution in [3.8, 4) is 0 Å². The van der Waals surface area contributed by atoms with Crippen molar-refractivity contribution in [2.45, 2.75) is 64.6 Å². The molecule has 3 unspecified atom stereocenters. The minimum absolute atomic E-state index is 0.0920. The fourth-order valence-corrected chi connectivity index (χ4v) is 3.12. The molecule has 4 heteroatoms. The van der Waals surface area contributed by atoms with E-state index in [1.165, 1.54) is 6.42 Å². The van der Waals surface area contributed by atoms with Gasteiger partial charge < -0.3 is 14.8 Å². The van der Waals surface area contributed by atoms with Gasteiger partial charge in [-0.15, -0.1) is 0 Å². The van der Waals surface area contributed by atoms with Crippen LogP contribution in [-0.2, 0) is 14.3 Å². The van der Waals surface area contributed by atoms with Gasteiger partial charge in [-0.25, -0.2) is 0 Å². The molecule has 1 N–H and O–H groups in total. The highest BCUT2D eigenvalue weighted by Crippen LogP contribution is 2.31. The second kappa shape index (κ2) is 7.99. The Morgan fingerprint density at radius 2 is 1.80 bits per heavy atom. The fraction of sp³-hybridized carbons (Fsp3) is 0.938. The summed E-state index contributed by atoms with van der Waals surface area (Å²) in [6, 6.07) is 0. The van der Waals surface area contributed by atoms with Crippen molar-refractivity contribution in [3.63, 3.8) is 0 Å². The monoisotopic (exact) mass is 283 g/mol. The van der Waals surface area contributed by atoms with Crippen LogP contribution in [0.3, 0.4) is 0 Å². The smallest absolute Gasteiger partial charge is 0.308 e. The summed E-state index contributed by atoms with van der Waals surface area (Å²) in [4.78, 5) is 11.8.